The van der Waals surface area contributed by atoms with Gasteiger partial charge in [-0.1, -0.05) is 0 Å². The molecule has 0 aromatic carbocycles. The molecule has 19 heavy (non-hydrogen) atoms. The van der Waals surface area contributed by atoms with Gasteiger partial charge in [-0.3, -0.25) is 10.1 Å². The van der Waals surface area contributed by atoms with Crippen LogP contribution in [0.3, 0.4) is 0 Å². The van der Waals surface area contributed by atoms with Crippen LogP contribution < -0.4 is 15.1 Å². The van der Waals surface area contributed by atoms with Crippen molar-refractivity contribution in [3.63, 3.8) is 0 Å². The summed E-state index contributed by atoms with van der Waals surface area (Å²) in [6.45, 7) is 11.9. The summed E-state index contributed by atoms with van der Waals surface area (Å²) in [5.74, 6) is 0.0873. The van der Waals surface area contributed by atoms with E-state index in [1.165, 1.54) is 35.9 Å². The van der Waals surface area contributed by atoms with Crippen LogP contribution in [-0.4, -0.2) is 49.7 Å². The first-order valence-electron chi connectivity index (χ1n) is 7.01. The molecule has 0 bridgehead atoms. The third kappa shape index (κ3) is 3.75. The summed E-state index contributed by atoms with van der Waals surface area (Å²) in [5.41, 5.74) is 0.959. The number of aromatic nitrogens is 1. The molecule has 0 unspecified atom stereocenters. The first-order valence-corrected chi connectivity index (χ1v) is 7.89. The van der Waals surface area contributed by atoms with E-state index in [1.54, 1.807) is 4.90 Å². The normalized spacial score (nSPS) is 25.0. The summed E-state index contributed by atoms with van der Waals surface area (Å²) in [6.07, 6.45) is 0. The maximum Gasteiger partial charge on any atom is 0.284 e. The van der Waals surface area contributed by atoms with Gasteiger partial charge in [-0.25, -0.2) is 4.98 Å². The Balaban J connectivity index is 1.85. The van der Waals surface area contributed by atoms with Crippen LogP contribution in [0.2, 0.25) is 0 Å². The number of aryl methyl sites for hydroxylation is 1. The lowest BCUT2D eigenvalue weighted by molar-refractivity contribution is -1.02. The van der Waals surface area contributed by atoms with Crippen molar-refractivity contribution in [3.8, 4) is 0 Å². The van der Waals surface area contributed by atoms with Gasteiger partial charge < -0.3 is 9.80 Å². The van der Waals surface area contributed by atoms with E-state index in [1.807, 2.05) is 19.2 Å². The van der Waals surface area contributed by atoms with Gasteiger partial charge in [-0.15, -0.1) is 11.3 Å². The van der Waals surface area contributed by atoms with Crippen LogP contribution in [0, 0.1) is 6.92 Å². The molecule has 0 radical (unpaired) electrons. The fourth-order valence-electron chi connectivity index (χ4n) is 2.52. The second-order valence-electron chi connectivity index (χ2n) is 5.27. The average Bonchev–Trinajstić information content (AvgIpc) is 2.83. The average molecular weight is 284 g/mol. The largest absolute Gasteiger partial charge is 0.326 e. The molecule has 1 aromatic rings. The third-order valence-corrected chi connectivity index (χ3v) is 4.83. The van der Waals surface area contributed by atoms with Crippen molar-refractivity contribution in [1.29, 1.82) is 0 Å². The number of hydrogen-bond acceptors (Lipinski definition) is 3. The second kappa shape index (κ2) is 6.45. The standard InChI is InChI=1S/C13H22N4OS/c1-4-16-5-7-17(8-6-16)11(3)12(18)15-13-14-10(2)9-19-13/h9,11H,4-8H2,1-3H3,(H,14,15,18)/p+2/t11-/m0/s1. The van der Waals surface area contributed by atoms with E-state index in [2.05, 4.69) is 17.2 Å². The maximum atomic E-state index is 12.2. The number of nitrogens with zero attached hydrogens (tertiary/aromatic N) is 1. The number of carbonyl (C=O) groups is 1. The number of carbonyl (C=O) groups excluding carboxylic acids is 1. The maximum absolute atomic E-state index is 12.2. The summed E-state index contributed by atoms with van der Waals surface area (Å²) < 4.78 is 0. The van der Waals surface area contributed by atoms with Crippen molar-refractivity contribution in [2.45, 2.75) is 26.8 Å². The number of hydrogen-bond donors (Lipinski definition) is 3. The van der Waals surface area contributed by atoms with Gasteiger partial charge in [0.05, 0.1) is 12.2 Å². The monoisotopic (exact) mass is 284 g/mol. The van der Waals surface area contributed by atoms with E-state index in [0.717, 1.165) is 18.8 Å². The summed E-state index contributed by atoms with van der Waals surface area (Å²) in [7, 11) is 0. The third-order valence-electron chi connectivity index (χ3n) is 3.95. The lowest BCUT2D eigenvalue weighted by Crippen LogP contribution is -3.29. The number of piperazine rings is 1. The fourth-order valence-corrected chi connectivity index (χ4v) is 3.21. The highest BCUT2D eigenvalue weighted by Gasteiger charge is 2.30. The predicted molar refractivity (Wildman–Crippen MR) is 76.9 cm³/mol. The molecule has 0 spiro atoms. The topological polar surface area (TPSA) is 50.9 Å². The summed E-state index contributed by atoms with van der Waals surface area (Å²) in [6, 6.07) is 0.00242. The smallest absolute Gasteiger partial charge is 0.284 e. The van der Waals surface area contributed by atoms with Crippen molar-refractivity contribution in [3.05, 3.63) is 11.1 Å². The van der Waals surface area contributed by atoms with Crippen LogP contribution in [0.25, 0.3) is 0 Å². The van der Waals surface area contributed by atoms with Crippen LogP contribution in [0.15, 0.2) is 5.38 Å². The van der Waals surface area contributed by atoms with Gasteiger partial charge >= 0.3 is 0 Å². The predicted octanol–water partition coefficient (Wildman–Crippen LogP) is -1.42. The Morgan fingerprint density at radius 1 is 1.47 bits per heavy atom. The molecule has 3 N–H and O–H groups in total. The molecule has 0 aliphatic carbocycles. The highest BCUT2D eigenvalue weighted by atomic mass is 32.1. The zero-order valence-electron chi connectivity index (χ0n) is 12.0. The van der Waals surface area contributed by atoms with Gasteiger partial charge in [0.2, 0.25) is 0 Å². The molecule has 1 saturated heterocycles. The van der Waals surface area contributed by atoms with Crippen LogP contribution in [0.4, 0.5) is 5.13 Å². The highest BCUT2D eigenvalue weighted by molar-refractivity contribution is 7.13. The number of thiazole rings is 1. The lowest BCUT2D eigenvalue weighted by atomic mass is 10.2. The minimum absolute atomic E-state index is 0.00242. The first-order chi connectivity index (χ1) is 9.10. The molecule has 5 nitrogen and oxygen atoms in total. The zero-order valence-corrected chi connectivity index (χ0v) is 12.8. The quantitative estimate of drug-likeness (QED) is 0.636. The highest BCUT2D eigenvalue weighted by Crippen LogP contribution is 2.14. The molecule has 2 rings (SSSR count). The van der Waals surface area contributed by atoms with Crippen molar-refractivity contribution >= 4 is 22.4 Å². The van der Waals surface area contributed by atoms with Gasteiger partial charge in [-0.2, -0.15) is 0 Å². The van der Waals surface area contributed by atoms with E-state index in [9.17, 15) is 4.79 Å². The summed E-state index contributed by atoms with van der Waals surface area (Å²) in [5, 5.41) is 5.60. The van der Waals surface area contributed by atoms with E-state index in [0.29, 0.717) is 5.13 Å². The number of likely N-dealkylation sites (N-methyl/N-ethyl adjacent to an activating group) is 1. The van der Waals surface area contributed by atoms with E-state index < -0.39 is 0 Å². The van der Waals surface area contributed by atoms with Crippen molar-refractivity contribution in [1.82, 2.24) is 4.98 Å². The molecule has 1 fully saturated rings. The Labute approximate surface area is 118 Å². The molecule has 1 aliphatic heterocycles. The minimum atomic E-state index is 0.00242. The molecular weight excluding hydrogens is 260 g/mol. The Bertz CT molecular complexity index is 426. The van der Waals surface area contributed by atoms with Gasteiger partial charge in [0.15, 0.2) is 11.2 Å². The first kappa shape index (κ1) is 14.4. The van der Waals surface area contributed by atoms with E-state index >= 15 is 0 Å². The molecule has 1 aliphatic rings. The number of rotatable bonds is 4. The van der Waals surface area contributed by atoms with Gasteiger partial charge in [0.1, 0.15) is 26.2 Å². The molecule has 6 heteroatoms. The number of amides is 1. The van der Waals surface area contributed by atoms with E-state index in [-0.39, 0.29) is 11.9 Å². The van der Waals surface area contributed by atoms with Crippen molar-refractivity contribution < 1.29 is 14.6 Å². The van der Waals surface area contributed by atoms with Crippen LogP contribution in [-0.2, 0) is 4.79 Å². The fraction of sp³-hybridized carbons (Fsp3) is 0.692. The SMILES string of the molecule is CC[NH+]1CC[NH+]([C@@H](C)C(=O)Nc2nc(C)cs2)CC1. The Morgan fingerprint density at radius 2 is 2.16 bits per heavy atom. The second-order valence-corrected chi connectivity index (χ2v) is 6.12. The van der Waals surface area contributed by atoms with Gasteiger partial charge in [-0.05, 0) is 20.8 Å². The zero-order chi connectivity index (χ0) is 13.8. The molecule has 1 aromatic heterocycles. The Morgan fingerprint density at radius 3 is 2.68 bits per heavy atom. The number of anilines is 1. The summed E-state index contributed by atoms with van der Waals surface area (Å²) in [4.78, 5) is 19.5. The number of quaternary nitrogens is 2. The van der Waals surface area contributed by atoms with Gasteiger partial charge in [0, 0.05) is 5.38 Å². The Kier molecular flexibility index (Phi) is 4.90. The molecular formula is C13H24N4OS+2. The van der Waals surface area contributed by atoms with Crippen LogP contribution in [0.5, 0.6) is 0 Å². The van der Waals surface area contributed by atoms with E-state index in [4.69, 9.17) is 0 Å². The number of nitrogens with one attached hydrogen (secondary N) is 3. The minimum Gasteiger partial charge on any atom is -0.326 e. The van der Waals surface area contributed by atoms with Gasteiger partial charge in [0.25, 0.3) is 5.91 Å². The lowest BCUT2D eigenvalue weighted by Gasteiger charge is -2.31. The van der Waals surface area contributed by atoms with Crippen molar-refractivity contribution in [2.75, 3.05) is 38.0 Å². The molecule has 106 valence electrons. The van der Waals surface area contributed by atoms with Crippen LogP contribution >= 0.6 is 11.3 Å². The van der Waals surface area contributed by atoms with Crippen LogP contribution in [0.1, 0.15) is 19.5 Å². The summed E-state index contributed by atoms with van der Waals surface area (Å²) >= 11 is 1.49. The molecule has 2 heterocycles. The Hall–Kier alpha value is -0.980. The molecule has 1 atom stereocenters. The molecule has 1 amide bonds. The molecule has 0 saturated carbocycles. The van der Waals surface area contributed by atoms with Crippen molar-refractivity contribution in [2.24, 2.45) is 0 Å².